The minimum absolute atomic E-state index is 0.0122. The van der Waals surface area contributed by atoms with Gasteiger partial charge in [0.15, 0.2) is 5.82 Å². The lowest BCUT2D eigenvalue weighted by Gasteiger charge is -2.46. The fourth-order valence-electron chi connectivity index (χ4n) is 5.75. The molecule has 1 atom stereocenters. The quantitative estimate of drug-likeness (QED) is 0.271. The molecule has 3 aromatic rings. The summed E-state index contributed by atoms with van der Waals surface area (Å²) in [6.07, 6.45) is -0.993. The fraction of sp³-hybridized carbons (Fsp3) is 0.538. The van der Waals surface area contributed by atoms with Gasteiger partial charge in [0.2, 0.25) is 5.88 Å². The second kappa shape index (κ2) is 11.5. The van der Waals surface area contributed by atoms with Gasteiger partial charge in [-0.1, -0.05) is 5.21 Å². The van der Waals surface area contributed by atoms with Gasteiger partial charge >= 0.3 is 6.18 Å². The standard InChI is InChI=1S/C26H39B5F3N7O2S/c1-14-16(11-39(6)36-14)44-38-21(42)15-7-8-18(41-10-9-19(37-41)43-13-22(2,3)26(32,33)34)35-20(15)40-12-17(25(29,30)31)24(27,28)23(40,4)5/h7-11,17H,12-13,27-31H2,1-6H3,(H,38,42). The molecule has 1 saturated heterocycles. The Morgan fingerprint density at radius 2 is 1.82 bits per heavy atom. The highest BCUT2D eigenvalue weighted by Gasteiger charge is 2.56. The number of halogens is 3. The fourth-order valence-corrected chi connectivity index (χ4v) is 6.46. The summed E-state index contributed by atoms with van der Waals surface area (Å²) in [4.78, 5) is 21.7. The van der Waals surface area contributed by atoms with E-state index in [0.29, 0.717) is 23.7 Å². The zero-order valence-corrected chi connectivity index (χ0v) is 28.2. The van der Waals surface area contributed by atoms with Crippen molar-refractivity contribution in [1.29, 1.82) is 0 Å². The van der Waals surface area contributed by atoms with Crippen molar-refractivity contribution in [3.63, 3.8) is 0 Å². The van der Waals surface area contributed by atoms with Crippen LogP contribution in [0.4, 0.5) is 19.0 Å². The first kappa shape index (κ1) is 34.0. The molecule has 0 bridgehead atoms. The summed E-state index contributed by atoms with van der Waals surface area (Å²) < 4.78 is 51.5. The van der Waals surface area contributed by atoms with Crippen LogP contribution in [0.5, 0.6) is 5.88 Å². The summed E-state index contributed by atoms with van der Waals surface area (Å²) in [6.45, 7) is 8.48. The molecule has 0 aromatic carbocycles. The number of carbonyl (C=O) groups excluding carboxylic acids is 1. The molecule has 18 heteroatoms. The average molecular weight is 625 g/mol. The lowest BCUT2D eigenvalue weighted by molar-refractivity contribution is -0.219. The normalized spacial score (nSPS) is 18.4. The largest absolute Gasteiger partial charge is 0.476 e. The van der Waals surface area contributed by atoms with Crippen LogP contribution in [-0.4, -0.2) is 94.6 Å². The lowest BCUT2D eigenvalue weighted by Crippen LogP contribution is -2.48. The second-order valence-corrected chi connectivity index (χ2v) is 15.3. The topological polar surface area (TPSA) is 90.1 Å². The molecule has 9 nitrogen and oxygen atoms in total. The second-order valence-electron chi connectivity index (χ2n) is 14.4. The molecule has 44 heavy (non-hydrogen) atoms. The number of carbonyl (C=O) groups is 1. The van der Waals surface area contributed by atoms with E-state index in [4.69, 9.17) is 9.72 Å². The van der Waals surface area contributed by atoms with E-state index in [2.05, 4.69) is 72.9 Å². The van der Waals surface area contributed by atoms with Crippen molar-refractivity contribution >= 4 is 62.9 Å². The average Bonchev–Trinajstić information content (AvgIpc) is 3.54. The van der Waals surface area contributed by atoms with Gasteiger partial charge in [-0.25, -0.2) is 9.67 Å². The van der Waals surface area contributed by atoms with Crippen molar-refractivity contribution in [3.05, 3.63) is 41.9 Å². The van der Waals surface area contributed by atoms with E-state index in [1.54, 1.807) is 23.0 Å². The molecular weight excluding hydrogens is 585 g/mol. The summed E-state index contributed by atoms with van der Waals surface area (Å²) in [7, 11) is 13.0. The third kappa shape index (κ3) is 6.41. The zero-order chi connectivity index (χ0) is 33.0. The summed E-state index contributed by atoms with van der Waals surface area (Å²) >= 11 is 1.20. The van der Waals surface area contributed by atoms with E-state index in [1.165, 1.54) is 22.7 Å². The molecule has 1 N–H and O–H groups in total. The van der Waals surface area contributed by atoms with Gasteiger partial charge in [0.25, 0.3) is 5.91 Å². The molecular formula is C26H39B5F3N7O2S. The van der Waals surface area contributed by atoms with Crippen LogP contribution in [0.3, 0.4) is 0 Å². The molecule has 0 spiro atoms. The number of hydrogen-bond donors (Lipinski definition) is 1. The van der Waals surface area contributed by atoms with Crippen LogP contribution in [0.1, 0.15) is 43.7 Å². The molecule has 4 rings (SSSR count). The van der Waals surface area contributed by atoms with Crippen LogP contribution < -0.4 is 14.4 Å². The highest BCUT2D eigenvalue weighted by Crippen LogP contribution is 2.57. The van der Waals surface area contributed by atoms with Crippen molar-refractivity contribution in [2.24, 2.45) is 18.4 Å². The predicted molar refractivity (Wildman–Crippen MR) is 181 cm³/mol. The third-order valence-electron chi connectivity index (χ3n) is 9.26. The summed E-state index contributed by atoms with van der Waals surface area (Å²) in [5.74, 6) is 0.931. The number of anilines is 1. The van der Waals surface area contributed by atoms with Gasteiger partial charge in [0.1, 0.15) is 28.1 Å². The predicted octanol–water partition coefficient (Wildman–Crippen LogP) is 0.284. The molecule has 1 aliphatic heterocycles. The Kier molecular flexibility index (Phi) is 8.86. The van der Waals surface area contributed by atoms with E-state index in [0.717, 1.165) is 24.4 Å². The van der Waals surface area contributed by atoms with E-state index >= 15 is 0 Å². The van der Waals surface area contributed by atoms with Crippen molar-refractivity contribution in [2.45, 2.75) is 61.6 Å². The van der Waals surface area contributed by atoms with Crippen molar-refractivity contribution in [1.82, 2.24) is 29.3 Å². The first-order chi connectivity index (χ1) is 20.1. The minimum atomic E-state index is -4.42. The number of aryl methyl sites for hydroxylation is 2. The van der Waals surface area contributed by atoms with Gasteiger partial charge in [0.05, 0.1) is 45.1 Å². The number of amides is 1. The smallest absolute Gasteiger partial charge is 0.397 e. The van der Waals surface area contributed by atoms with Crippen molar-refractivity contribution in [2.75, 3.05) is 18.1 Å². The molecule has 1 unspecified atom stereocenters. The molecule has 0 radical (unpaired) electrons. The van der Waals surface area contributed by atoms with Crippen LogP contribution in [0.2, 0.25) is 10.3 Å². The van der Waals surface area contributed by atoms with Crippen LogP contribution in [0.15, 0.2) is 35.5 Å². The maximum atomic E-state index is 13.7. The number of nitrogens with one attached hydrogen (secondary N) is 1. The van der Waals surface area contributed by atoms with E-state index < -0.39 is 18.2 Å². The van der Waals surface area contributed by atoms with E-state index in [-0.39, 0.29) is 33.6 Å². The Morgan fingerprint density at radius 1 is 1.16 bits per heavy atom. The van der Waals surface area contributed by atoms with Gasteiger partial charge in [-0.3, -0.25) is 14.2 Å². The summed E-state index contributed by atoms with van der Waals surface area (Å²) in [5, 5.41) is 8.53. The molecule has 1 aliphatic rings. The number of rotatable bonds is 9. The van der Waals surface area contributed by atoms with Crippen LogP contribution in [0, 0.1) is 18.3 Å². The van der Waals surface area contributed by atoms with Crippen LogP contribution >= 0.6 is 11.9 Å². The molecule has 3 aromatic heterocycles. The Morgan fingerprint density at radius 3 is 2.36 bits per heavy atom. The Bertz CT molecular complexity index is 1540. The number of nitrogens with zero attached hydrogens (tertiary/aromatic N) is 6. The lowest BCUT2D eigenvalue weighted by atomic mass is 9.28. The van der Waals surface area contributed by atoms with Gasteiger partial charge < -0.3 is 9.64 Å². The highest BCUT2D eigenvalue weighted by molar-refractivity contribution is 7.98. The Hall–Kier alpha value is -2.90. The zero-order valence-electron chi connectivity index (χ0n) is 27.4. The van der Waals surface area contributed by atoms with Crippen molar-refractivity contribution < 1.29 is 22.7 Å². The maximum Gasteiger partial charge on any atom is 0.397 e. The van der Waals surface area contributed by atoms with Gasteiger partial charge in [-0.2, -0.15) is 18.3 Å². The van der Waals surface area contributed by atoms with Gasteiger partial charge in [-0.05, 0) is 64.6 Å². The Labute approximate surface area is 266 Å². The van der Waals surface area contributed by atoms with Crippen LogP contribution in [0.25, 0.3) is 5.82 Å². The SMILES string of the molecule is BC(B)(B)C1CN(c2nc(-n3ccc(OCC(C)(C)C(F)(F)F)n3)ccc2C(=O)NSc2cn(C)nc2C)C(C)(C)C1(B)B. The number of aromatic nitrogens is 5. The molecule has 1 fully saturated rings. The molecule has 232 valence electrons. The summed E-state index contributed by atoms with van der Waals surface area (Å²) in [5.41, 5.74) is -1.23. The molecule has 0 aliphatic carbocycles. The van der Waals surface area contributed by atoms with Gasteiger partial charge in [0, 0.05) is 37.6 Å². The third-order valence-corrected chi connectivity index (χ3v) is 10.2. The number of hydrogen-bond acceptors (Lipinski definition) is 7. The van der Waals surface area contributed by atoms with Crippen LogP contribution in [-0.2, 0) is 7.05 Å². The number of alkyl halides is 3. The number of pyridine rings is 1. The minimum Gasteiger partial charge on any atom is -0.476 e. The summed E-state index contributed by atoms with van der Waals surface area (Å²) in [6, 6.07) is 4.89. The molecule has 1 amide bonds. The van der Waals surface area contributed by atoms with Gasteiger partial charge in [-0.15, -0.1) is 10.2 Å². The molecule has 0 saturated carbocycles. The first-order valence-corrected chi connectivity index (χ1v) is 15.4. The van der Waals surface area contributed by atoms with E-state index in [9.17, 15) is 18.0 Å². The maximum absolute atomic E-state index is 13.7. The molecule has 4 heterocycles. The highest BCUT2D eigenvalue weighted by atomic mass is 32.2. The Balaban J connectivity index is 1.72. The monoisotopic (exact) mass is 625 g/mol. The van der Waals surface area contributed by atoms with Crippen molar-refractivity contribution in [3.8, 4) is 11.7 Å². The number of ether oxygens (including phenoxy) is 1. The van der Waals surface area contributed by atoms with E-state index in [1.807, 2.05) is 20.2 Å². The first-order valence-electron chi connectivity index (χ1n) is 14.6.